The number of nitro benzene ring substituents is 1. The van der Waals surface area contributed by atoms with E-state index >= 15 is 0 Å². The Morgan fingerprint density at radius 3 is 2.64 bits per heavy atom. The van der Waals surface area contributed by atoms with Gasteiger partial charge < -0.3 is 15.0 Å². The van der Waals surface area contributed by atoms with E-state index in [4.69, 9.17) is 4.74 Å². The molecule has 0 radical (unpaired) electrons. The SMILES string of the molecule is CC(C)COC[C@H](C)NC(=O)c1cc(=O)[nH]c2ccc([N+](=O)[O-])cc12. The Kier molecular flexibility index (Phi) is 5.87. The molecule has 0 saturated heterocycles. The number of nitrogens with one attached hydrogen (secondary N) is 2. The molecule has 0 spiro atoms. The van der Waals surface area contributed by atoms with Crippen molar-refractivity contribution in [1.29, 1.82) is 0 Å². The maximum atomic E-state index is 12.5. The summed E-state index contributed by atoms with van der Waals surface area (Å²) in [4.78, 5) is 37.3. The second kappa shape index (κ2) is 7.89. The van der Waals surface area contributed by atoms with E-state index < -0.39 is 16.4 Å². The van der Waals surface area contributed by atoms with Crippen LogP contribution in [0.15, 0.2) is 29.1 Å². The zero-order valence-electron chi connectivity index (χ0n) is 14.4. The number of fused-ring (bicyclic) bond motifs is 1. The molecule has 1 amide bonds. The van der Waals surface area contributed by atoms with Crippen molar-refractivity contribution in [2.45, 2.75) is 26.8 Å². The average Bonchev–Trinajstić information content (AvgIpc) is 2.52. The van der Waals surface area contributed by atoms with Gasteiger partial charge in [0.05, 0.1) is 17.1 Å². The monoisotopic (exact) mass is 347 g/mol. The van der Waals surface area contributed by atoms with Crippen LogP contribution in [0, 0.1) is 16.0 Å². The van der Waals surface area contributed by atoms with Crippen LogP contribution in [0.25, 0.3) is 10.9 Å². The molecule has 0 fully saturated rings. The number of aromatic nitrogens is 1. The van der Waals surface area contributed by atoms with E-state index in [1.807, 2.05) is 13.8 Å². The van der Waals surface area contributed by atoms with Gasteiger partial charge in [-0.15, -0.1) is 0 Å². The van der Waals surface area contributed by atoms with Crippen LogP contribution in [0.3, 0.4) is 0 Å². The van der Waals surface area contributed by atoms with Crippen LogP contribution >= 0.6 is 0 Å². The molecule has 1 aromatic heterocycles. The fourth-order valence-corrected chi connectivity index (χ4v) is 2.37. The van der Waals surface area contributed by atoms with E-state index in [9.17, 15) is 19.7 Å². The second-order valence-corrected chi connectivity index (χ2v) is 6.34. The molecular formula is C17H21N3O5. The van der Waals surface area contributed by atoms with Crippen molar-refractivity contribution in [2.24, 2.45) is 5.92 Å². The molecule has 0 saturated carbocycles. The van der Waals surface area contributed by atoms with Gasteiger partial charge in [-0.3, -0.25) is 19.7 Å². The lowest BCUT2D eigenvalue weighted by Gasteiger charge is -2.16. The Hall–Kier alpha value is -2.74. The Bertz CT molecular complexity index is 844. The predicted octanol–water partition coefficient (Wildman–Crippen LogP) is 2.23. The number of rotatable bonds is 7. The summed E-state index contributed by atoms with van der Waals surface area (Å²) in [6.45, 7) is 6.76. The van der Waals surface area contributed by atoms with Gasteiger partial charge in [0.15, 0.2) is 0 Å². The Morgan fingerprint density at radius 1 is 1.28 bits per heavy atom. The molecule has 25 heavy (non-hydrogen) atoms. The van der Waals surface area contributed by atoms with E-state index in [0.29, 0.717) is 30.0 Å². The van der Waals surface area contributed by atoms with Gasteiger partial charge in [0.2, 0.25) is 5.56 Å². The van der Waals surface area contributed by atoms with Crippen molar-refractivity contribution in [2.75, 3.05) is 13.2 Å². The van der Waals surface area contributed by atoms with Crippen molar-refractivity contribution < 1.29 is 14.5 Å². The standard InChI is InChI=1S/C17H21N3O5/c1-10(2)8-25-9-11(3)18-17(22)14-7-16(21)19-15-5-4-12(20(23)24)6-13(14)15/h4-7,10-11H,8-9H2,1-3H3,(H,18,22)(H,19,21)/t11-/m0/s1. The molecule has 0 aliphatic heterocycles. The third-order valence-electron chi connectivity index (χ3n) is 3.48. The van der Waals surface area contributed by atoms with Gasteiger partial charge in [-0.05, 0) is 18.9 Å². The highest BCUT2D eigenvalue weighted by Gasteiger charge is 2.17. The molecule has 2 aromatic rings. The zero-order valence-corrected chi connectivity index (χ0v) is 14.4. The number of ether oxygens (including phenoxy) is 1. The van der Waals surface area contributed by atoms with Crippen molar-refractivity contribution in [1.82, 2.24) is 10.3 Å². The molecule has 0 unspecified atom stereocenters. The number of carbonyl (C=O) groups is 1. The first-order valence-corrected chi connectivity index (χ1v) is 7.98. The molecule has 8 nitrogen and oxygen atoms in total. The number of pyridine rings is 1. The van der Waals surface area contributed by atoms with E-state index in [2.05, 4.69) is 10.3 Å². The highest BCUT2D eigenvalue weighted by atomic mass is 16.6. The average molecular weight is 347 g/mol. The van der Waals surface area contributed by atoms with E-state index in [1.165, 1.54) is 18.2 Å². The number of amides is 1. The summed E-state index contributed by atoms with van der Waals surface area (Å²) < 4.78 is 5.48. The maximum Gasteiger partial charge on any atom is 0.270 e. The first kappa shape index (κ1) is 18.6. The quantitative estimate of drug-likeness (QED) is 0.589. The van der Waals surface area contributed by atoms with Crippen LogP contribution in [-0.2, 0) is 4.74 Å². The minimum atomic E-state index is -0.547. The molecule has 2 N–H and O–H groups in total. The van der Waals surface area contributed by atoms with Crippen molar-refractivity contribution in [3.05, 3.63) is 50.3 Å². The molecule has 1 atom stereocenters. The number of benzene rings is 1. The topological polar surface area (TPSA) is 114 Å². The lowest BCUT2D eigenvalue weighted by atomic mass is 10.1. The predicted molar refractivity (Wildman–Crippen MR) is 93.8 cm³/mol. The molecule has 2 rings (SSSR count). The molecular weight excluding hydrogens is 326 g/mol. The van der Waals surface area contributed by atoms with Crippen LogP contribution < -0.4 is 10.9 Å². The van der Waals surface area contributed by atoms with Gasteiger partial charge in [-0.25, -0.2) is 0 Å². The molecule has 1 aromatic carbocycles. The van der Waals surface area contributed by atoms with E-state index in [0.717, 1.165) is 6.07 Å². The van der Waals surface area contributed by atoms with Gasteiger partial charge in [0.25, 0.3) is 11.6 Å². The summed E-state index contributed by atoms with van der Waals surface area (Å²) in [5.74, 6) is -0.0858. The van der Waals surface area contributed by atoms with Crippen molar-refractivity contribution >= 4 is 22.5 Å². The Balaban J connectivity index is 2.26. The molecule has 0 aliphatic carbocycles. The van der Waals surface area contributed by atoms with E-state index in [-0.39, 0.29) is 17.3 Å². The van der Waals surface area contributed by atoms with E-state index in [1.54, 1.807) is 6.92 Å². The second-order valence-electron chi connectivity index (χ2n) is 6.34. The van der Waals surface area contributed by atoms with Crippen LogP contribution in [0.4, 0.5) is 5.69 Å². The lowest BCUT2D eigenvalue weighted by Crippen LogP contribution is -2.36. The first-order chi connectivity index (χ1) is 11.8. The molecule has 1 heterocycles. The normalized spacial score (nSPS) is 12.3. The van der Waals surface area contributed by atoms with Gasteiger partial charge in [-0.2, -0.15) is 0 Å². The summed E-state index contributed by atoms with van der Waals surface area (Å²) >= 11 is 0. The number of H-pyrrole nitrogens is 1. The van der Waals surface area contributed by atoms with Crippen LogP contribution in [-0.4, -0.2) is 35.1 Å². The number of carbonyl (C=O) groups excluding carboxylic acids is 1. The highest BCUT2D eigenvalue weighted by Crippen LogP contribution is 2.21. The Labute approximate surface area is 144 Å². The number of hydrogen-bond donors (Lipinski definition) is 2. The van der Waals surface area contributed by atoms with Crippen LogP contribution in [0.5, 0.6) is 0 Å². The maximum absolute atomic E-state index is 12.5. The number of nitrogens with zero attached hydrogens (tertiary/aromatic N) is 1. The summed E-state index contributed by atoms with van der Waals surface area (Å²) in [5.41, 5.74) is -0.137. The smallest absolute Gasteiger partial charge is 0.270 e. The number of hydrogen-bond acceptors (Lipinski definition) is 5. The summed E-state index contributed by atoms with van der Waals surface area (Å²) in [7, 11) is 0. The van der Waals surface area contributed by atoms with Crippen LogP contribution in [0.2, 0.25) is 0 Å². The van der Waals surface area contributed by atoms with Gasteiger partial charge in [-0.1, -0.05) is 13.8 Å². The molecule has 134 valence electrons. The van der Waals surface area contributed by atoms with Gasteiger partial charge in [0.1, 0.15) is 0 Å². The van der Waals surface area contributed by atoms with Crippen molar-refractivity contribution in [3.8, 4) is 0 Å². The fourth-order valence-electron chi connectivity index (χ4n) is 2.37. The largest absolute Gasteiger partial charge is 0.379 e. The van der Waals surface area contributed by atoms with Gasteiger partial charge >= 0.3 is 0 Å². The first-order valence-electron chi connectivity index (χ1n) is 7.98. The summed E-state index contributed by atoms with van der Waals surface area (Å²) in [6.07, 6.45) is 0. The minimum Gasteiger partial charge on any atom is -0.379 e. The molecule has 0 aliphatic rings. The molecule has 8 heteroatoms. The highest BCUT2D eigenvalue weighted by molar-refractivity contribution is 6.06. The third kappa shape index (κ3) is 4.87. The summed E-state index contributed by atoms with van der Waals surface area (Å²) in [6, 6.07) is 4.85. The fraction of sp³-hybridized carbons (Fsp3) is 0.412. The third-order valence-corrected chi connectivity index (χ3v) is 3.48. The number of non-ortho nitro benzene ring substituents is 1. The van der Waals surface area contributed by atoms with Crippen LogP contribution in [0.1, 0.15) is 31.1 Å². The molecule has 0 bridgehead atoms. The number of aromatic amines is 1. The minimum absolute atomic E-state index is 0.0955. The lowest BCUT2D eigenvalue weighted by molar-refractivity contribution is -0.384. The summed E-state index contributed by atoms with van der Waals surface area (Å²) in [5, 5.41) is 14.0. The Morgan fingerprint density at radius 2 is 2.00 bits per heavy atom. The van der Waals surface area contributed by atoms with Crippen molar-refractivity contribution in [3.63, 3.8) is 0 Å². The van der Waals surface area contributed by atoms with Gasteiger partial charge in [0, 0.05) is 41.8 Å². The number of nitro groups is 1. The zero-order chi connectivity index (χ0) is 18.6.